The molecular formula is C15H13CuN3O. The standard InChI is InChI=1S/C15H13N3O.Cu/c1-11-4-2-5-12(17-11)10-13-6-3-7-14(18-13)15-16-8-9-19-15;/h2-9H,10H2,1H3;. The first-order valence-electron chi connectivity index (χ1n) is 6.09. The van der Waals surface area contributed by atoms with E-state index in [9.17, 15) is 0 Å². The first kappa shape index (κ1) is 14.4. The molecule has 0 bridgehead atoms. The number of pyridine rings is 2. The molecule has 0 N–H and O–H groups in total. The molecule has 20 heavy (non-hydrogen) atoms. The zero-order valence-corrected chi connectivity index (χ0v) is 11.8. The fourth-order valence-electron chi connectivity index (χ4n) is 1.93. The van der Waals surface area contributed by atoms with E-state index >= 15 is 0 Å². The number of rotatable bonds is 3. The monoisotopic (exact) mass is 314 g/mol. The van der Waals surface area contributed by atoms with Gasteiger partial charge in [-0.15, -0.1) is 0 Å². The summed E-state index contributed by atoms with van der Waals surface area (Å²) in [5, 5.41) is 0. The van der Waals surface area contributed by atoms with Crippen LogP contribution in [0.5, 0.6) is 0 Å². The van der Waals surface area contributed by atoms with E-state index in [2.05, 4.69) is 15.0 Å². The maximum absolute atomic E-state index is 5.25. The van der Waals surface area contributed by atoms with Crippen molar-refractivity contribution in [2.24, 2.45) is 0 Å². The molecule has 1 radical (unpaired) electrons. The van der Waals surface area contributed by atoms with Gasteiger partial charge in [-0.05, 0) is 31.2 Å². The fraction of sp³-hybridized carbons (Fsp3) is 0.133. The van der Waals surface area contributed by atoms with Crippen molar-refractivity contribution in [2.45, 2.75) is 13.3 Å². The summed E-state index contributed by atoms with van der Waals surface area (Å²) in [6.45, 7) is 1.99. The van der Waals surface area contributed by atoms with E-state index in [1.165, 1.54) is 0 Å². The molecule has 0 aliphatic rings. The van der Waals surface area contributed by atoms with Gasteiger partial charge in [-0.2, -0.15) is 0 Å². The summed E-state index contributed by atoms with van der Waals surface area (Å²) in [5.41, 5.74) is 3.72. The minimum absolute atomic E-state index is 0. The number of aromatic nitrogens is 3. The summed E-state index contributed by atoms with van der Waals surface area (Å²) in [6, 6.07) is 11.8. The number of hydrogen-bond donors (Lipinski definition) is 0. The van der Waals surface area contributed by atoms with Crippen molar-refractivity contribution in [1.29, 1.82) is 0 Å². The Morgan fingerprint density at radius 2 is 1.75 bits per heavy atom. The van der Waals surface area contributed by atoms with E-state index in [1.807, 2.05) is 43.3 Å². The Morgan fingerprint density at radius 1 is 1.00 bits per heavy atom. The third kappa shape index (κ3) is 3.32. The van der Waals surface area contributed by atoms with Crippen molar-refractivity contribution in [3.63, 3.8) is 0 Å². The molecule has 0 unspecified atom stereocenters. The smallest absolute Gasteiger partial charge is 0.244 e. The van der Waals surface area contributed by atoms with Crippen molar-refractivity contribution in [3.8, 4) is 11.6 Å². The number of hydrogen-bond acceptors (Lipinski definition) is 4. The van der Waals surface area contributed by atoms with Crippen molar-refractivity contribution in [3.05, 3.63) is 65.9 Å². The molecule has 4 nitrogen and oxygen atoms in total. The van der Waals surface area contributed by atoms with Crippen LogP contribution in [0.25, 0.3) is 11.6 Å². The zero-order valence-electron chi connectivity index (χ0n) is 10.9. The van der Waals surface area contributed by atoms with Crippen molar-refractivity contribution in [1.82, 2.24) is 15.0 Å². The van der Waals surface area contributed by atoms with Gasteiger partial charge in [0, 0.05) is 40.6 Å². The average molecular weight is 315 g/mol. The normalized spacial score (nSPS) is 10.1. The predicted octanol–water partition coefficient (Wildman–Crippen LogP) is 3.03. The van der Waals surface area contributed by atoms with E-state index in [0.717, 1.165) is 22.8 Å². The minimum Gasteiger partial charge on any atom is -0.443 e. The largest absolute Gasteiger partial charge is 0.443 e. The molecule has 105 valence electrons. The van der Waals surface area contributed by atoms with Crippen LogP contribution in [-0.4, -0.2) is 15.0 Å². The first-order chi connectivity index (χ1) is 9.31. The fourth-order valence-corrected chi connectivity index (χ4v) is 1.93. The van der Waals surface area contributed by atoms with Gasteiger partial charge in [-0.25, -0.2) is 9.97 Å². The maximum atomic E-state index is 5.25. The van der Waals surface area contributed by atoms with Gasteiger partial charge in [0.1, 0.15) is 12.0 Å². The van der Waals surface area contributed by atoms with E-state index in [4.69, 9.17) is 4.42 Å². The Hall–Kier alpha value is -1.97. The van der Waals surface area contributed by atoms with Gasteiger partial charge in [-0.3, -0.25) is 4.98 Å². The SMILES string of the molecule is Cc1cccc(Cc2cccc(-c3ncco3)n2)n1.[Cu]. The van der Waals surface area contributed by atoms with Crippen molar-refractivity contribution < 1.29 is 21.5 Å². The third-order valence-electron chi connectivity index (χ3n) is 2.77. The van der Waals surface area contributed by atoms with Gasteiger partial charge in [0.25, 0.3) is 0 Å². The number of oxazole rings is 1. The predicted molar refractivity (Wildman–Crippen MR) is 71.5 cm³/mol. The summed E-state index contributed by atoms with van der Waals surface area (Å²) in [6.07, 6.45) is 3.87. The van der Waals surface area contributed by atoms with Crippen LogP contribution in [0.1, 0.15) is 17.1 Å². The van der Waals surface area contributed by atoms with Crippen LogP contribution in [-0.2, 0) is 23.5 Å². The molecule has 0 aliphatic carbocycles. The molecule has 0 aliphatic heterocycles. The Labute approximate surface area is 127 Å². The summed E-state index contributed by atoms with van der Waals surface area (Å²) >= 11 is 0. The van der Waals surface area contributed by atoms with Crippen molar-refractivity contribution in [2.75, 3.05) is 0 Å². The Morgan fingerprint density at radius 3 is 2.45 bits per heavy atom. The molecule has 3 aromatic rings. The second-order valence-electron chi connectivity index (χ2n) is 4.30. The van der Waals surface area contributed by atoms with Crippen molar-refractivity contribution >= 4 is 0 Å². The molecule has 0 atom stereocenters. The van der Waals surface area contributed by atoms with Crippen LogP contribution in [0.15, 0.2) is 53.3 Å². The second-order valence-corrected chi connectivity index (χ2v) is 4.30. The zero-order chi connectivity index (χ0) is 13.1. The Kier molecular flexibility index (Phi) is 4.66. The van der Waals surface area contributed by atoms with Gasteiger partial charge in [0.05, 0.1) is 6.20 Å². The molecule has 0 fully saturated rings. The molecule has 5 heteroatoms. The average Bonchev–Trinajstić information content (AvgIpc) is 2.93. The Bertz CT molecular complexity index is 683. The summed E-state index contributed by atoms with van der Waals surface area (Å²) in [4.78, 5) is 13.1. The summed E-state index contributed by atoms with van der Waals surface area (Å²) < 4.78 is 5.25. The van der Waals surface area contributed by atoms with Gasteiger partial charge in [0.15, 0.2) is 0 Å². The van der Waals surface area contributed by atoms with Gasteiger partial charge >= 0.3 is 0 Å². The van der Waals surface area contributed by atoms with Crippen LogP contribution in [0, 0.1) is 6.92 Å². The van der Waals surface area contributed by atoms with E-state index in [-0.39, 0.29) is 17.1 Å². The molecule has 0 saturated carbocycles. The molecular weight excluding hydrogens is 302 g/mol. The van der Waals surface area contributed by atoms with Gasteiger partial charge in [-0.1, -0.05) is 12.1 Å². The summed E-state index contributed by atoms with van der Waals surface area (Å²) in [5.74, 6) is 0.541. The van der Waals surface area contributed by atoms with Gasteiger partial charge in [0.2, 0.25) is 5.89 Å². The van der Waals surface area contributed by atoms with E-state index in [1.54, 1.807) is 12.5 Å². The van der Waals surface area contributed by atoms with Crippen LogP contribution in [0.4, 0.5) is 0 Å². The third-order valence-corrected chi connectivity index (χ3v) is 2.77. The number of nitrogens with zero attached hydrogens (tertiary/aromatic N) is 3. The Balaban J connectivity index is 0.00000147. The molecule has 0 amide bonds. The maximum Gasteiger partial charge on any atom is 0.244 e. The minimum atomic E-state index is 0. The van der Waals surface area contributed by atoms with E-state index < -0.39 is 0 Å². The molecule has 0 spiro atoms. The quantitative estimate of drug-likeness (QED) is 0.697. The van der Waals surface area contributed by atoms with Crippen LogP contribution >= 0.6 is 0 Å². The molecule has 0 saturated heterocycles. The van der Waals surface area contributed by atoms with E-state index in [0.29, 0.717) is 12.3 Å². The first-order valence-corrected chi connectivity index (χ1v) is 6.09. The van der Waals surface area contributed by atoms with Crippen LogP contribution in [0.2, 0.25) is 0 Å². The van der Waals surface area contributed by atoms with Crippen LogP contribution < -0.4 is 0 Å². The van der Waals surface area contributed by atoms with Crippen LogP contribution in [0.3, 0.4) is 0 Å². The molecule has 3 aromatic heterocycles. The molecule has 0 aromatic carbocycles. The number of aryl methyl sites for hydroxylation is 1. The molecule has 3 heterocycles. The summed E-state index contributed by atoms with van der Waals surface area (Å²) in [7, 11) is 0. The topological polar surface area (TPSA) is 51.8 Å². The second kappa shape index (κ2) is 6.46. The van der Waals surface area contributed by atoms with Gasteiger partial charge < -0.3 is 4.42 Å². The molecule has 3 rings (SSSR count).